The van der Waals surface area contributed by atoms with Crippen LogP contribution >= 0.6 is 0 Å². The fourth-order valence-electron chi connectivity index (χ4n) is 3.54. The monoisotopic (exact) mass is 389 g/mol. The van der Waals surface area contributed by atoms with Crippen molar-refractivity contribution >= 4 is 11.9 Å². The van der Waals surface area contributed by atoms with Crippen molar-refractivity contribution in [2.24, 2.45) is 0 Å². The molecule has 0 bridgehead atoms. The van der Waals surface area contributed by atoms with Crippen molar-refractivity contribution in [3.63, 3.8) is 0 Å². The van der Waals surface area contributed by atoms with E-state index in [9.17, 15) is 23.5 Å². The summed E-state index contributed by atoms with van der Waals surface area (Å²) in [7, 11) is 0. The molecule has 1 aromatic heterocycles. The number of piperidine rings is 1. The summed E-state index contributed by atoms with van der Waals surface area (Å²) < 4.78 is 27.6. The molecule has 1 aromatic carbocycles. The van der Waals surface area contributed by atoms with Gasteiger partial charge in [-0.05, 0) is 31.9 Å². The molecule has 1 saturated heterocycles. The summed E-state index contributed by atoms with van der Waals surface area (Å²) in [4.78, 5) is 33.9. The Bertz CT molecular complexity index is 905. The molecule has 0 unspecified atom stereocenters. The van der Waals surface area contributed by atoms with Crippen LogP contribution in [0.1, 0.15) is 47.2 Å². The van der Waals surface area contributed by atoms with Gasteiger partial charge in [0.2, 0.25) is 5.91 Å². The molecular formula is C20H21F2N3O3. The van der Waals surface area contributed by atoms with Crippen LogP contribution in [-0.2, 0) is 16.6 Å². The first-order chi connectivity index (χ1) is 13.2. The molecule has 0 radical (unpaired) electrons. The molecule has 28 heavy (non-hydrogen) atoms. The minimum atomic E-state index is -1.09. The van der Waals surface area contributed by atoms with Gasteiger partial charge < -0.3 is 10.0 Å². The highest BCUT2D eigenvalue weighted by Gasteiger charge is 2.37. The summed E-state index contributed by atoms with van der Waals surface area (Å²) >= 11 is 0. The van der Waals surface area contributed by atoms with E-state index in [1.807, 2.05) is 6.92 Å². The molecule has 1 aliphatic rings. The van der Waals surface area contributed by atoms with E-state index in [-0.39, 0.29) is 23.5 Å². The number of aromatic carboxylic acids is 1. The van der Waals surface area contributed by atoms with Crippen molar-refractivity contribution in [1.29, 1.82) is 0 Å². The third-order valence-corrected chi connectivity index (χ3v) is 5.32. The SMILES string of the molecule is Cc1ncc(C(=O)O)c(C2(C)CCN(C(=O)Cc3c(F)cccc3F)CC2)n1. The van der Waals surface area contributed by atoms with Crippen molar-refractivity contribution in [3.8, 4) is 0 Å². The van der Waals surface area contributed by atoms with E-state index in [4.69, 9.17) is 0 Å². The van der Waals surface area contributed by atoms with E-state index >= 15 is 0 Å². The maximum absolute atomic E-state index is 13.8. The molecular weight excluding hydrogens is 368 g/mol. The zero-order valence-electron chi connectivity index (χ0n) is 15.7. The summed E-state index contributed by atoms with van der Waals surface area (Å²) in [5.41, 5.74) is -0.247. The number of aromatic nitrogens is 2. The third kappa shape index (κ3) is 3.85. The van der Waals surface area contributed by atoms with E-state index in [1.54, 1.807) is 11.8 Å². The molecule has 1 amide bonds. The summed E-state index contributed by atoms with van der Waals surface area (Å²) in [6.45, 7) is 4.32. The van der Waals surface area contributed by atoms with Gasteiger partial charge in [0, 0.05) is 30.3 Å². The Morgan fingerprint density at radius 2 is 1.82 bits per heavy atom. The number of carboxylic acid groups (broad SMARTS) is 1. The van der Waals surface area contributed by atoms with E-state index in [2.05, 4.69) is 9.97 Å². The molecule has 0 atom stereocenters. The fraction of sp³-hybridized carbons (Fsp3) is 0.400. The van der Waals surface area contributed by atoms with E-state index in [0.29, 0.717) is 37.4 Å². The van der Waals surface area contributed by atoms with Gasteiger partial charge in [-0.3, -0.25) is 4.79 Å². The first-order valence-electron chi connectivity index (χ1n) is 8.99. The summed E-state index contributed by atoms with van der Waals surface area (Å²) in [5.74, 6) is -2.45. The number of carboxylic acids is 1. The molecule has 0 spiro atoms. The Balaban J connectivity index is 1.74. The lowest BCUT2D eigenvalue weighted by molar-refractivity contribution is -0.132. The first-order valence-corrected chi connectivity index (χ1v) is 8.99. The molecule has 3 rings (SSSR count). The Labute approximate surface area is 161 Å². The molecule has 2 heterocycles. The van der Waals surface area contributed by atoms with Crippen LogP contribution in [0.3, 0.4) is 0 Å². The van der Waals surface area contributed by atoms with E-state index in [0.717, 1.165) is 12.1 Å². The smallest absolute Gasteiger partial charge is 0.339 e. The Morgan fingerprint density at radius 1 is 1.21 bits per heavy atom. The van der Waals surface area contributed by atoms with Crippen LogP contribution < -0.4 is 0 Å². The van der Waals surface area contributed by atoms with Crippen LogP contribution in [0.2, 0.25) is 0 Å². The topological polar surface area (TPSA) is 83.4 Å². The van der Waals surface area contributed by atoms with Crippen molar-refractivity contribution in [2.45, 2.75) is 38.5 Å². The number of carbonyl (C=O) groups excluding carboxylic acids is 1. The van der Waals surface area contributed by atoms with E-state index < -0.39 is 23.0 Å². The maximum Gasteiger partial charge on any atom is 0.339 e. The molecule has 148 valence electrons. The average molecular weight is 389 g/mol. The second-order valence-corrected chi connectivity index (χ2v) is 7.30. The molecule has 0 aliphatic carbocycles. The van der Waals surface area contributed by atoms with Crippen molar-refractivity contribution < 1.29 is 23.5 Å². The molecule has 8 heteroatoms. The largest absolute Gasteiger partial charge is 0.478 e. The maximum atomic E-state index is 13.8. The zero-order chi connectivity index (χ0) is 20.5. The molecule has 1 fully saturated rings. The molecule has 1 aliphatic heterocycles. The highest BCUT2D eigenvalue weighted by Crippen LogP contribution is 2.36. The number of halogens is 2. The highest BCUT2D eigenvalue weighted by atomic mass is 19.1. The van der Waals surface area contributed by atoms with Gasteiger partial charge in [-0.15, -0.1) is 0 Å². The predicted octanol–water partition coefficient (Wildman–Crippen LogP) is 2.88. The van der Waals surface area contributed by atoms with Gasteiger partial charge in [-0.25, -0.2) is 23.5 Å². The lowest BCUT2D eigenvalue weighted by Gasteiger charge is -2.39. The second-order valence-electron chi connectivity index (χ2n) is 7.30. The Hall–Kier alpha value is -2.90. The molecule has 6 nitrogen and oxygen atoms in total. The van der Waals surface area contributed by atoms with Crippen LogP contribution in [0.15, 0.2) is 24.4 Å². The van der Waals surface area contributed by atoms with E-state index in [1.165, 1.54) is 12.3 Å². The third-order valence-electron chi connectivity index (χ3n) is 5.32. The van der Waals surface area contributed by atoms with Gasteiger partial charge >= 0.3 is 5.97 Å². The number of likely N-dealkylation sites (tertiary alicyclic amines) is 1. The van der Waals surface area contributed by atoms with Crippen molar-refractivity contribution in [3.05, 3.63) is 58.7 Å². The number of hydrogen-bond acceptors (Lipinski definition) is 4. The van der Waals surface area contributed by atoms with Crippen LogP contribution in [0, 0.1) is 18.6 Å². The highest BCUT2D eigenvalue weighted by molar-refractivity contribution is 5.89. The van der Waals surface area contributed by atoms with Crippen LogP contribution in [0.4, 0.5) is 8.78 Å². The van der Waals surface area contributed by atoms with Gasteiger partial charge in [-0.1, -0.05) is 13.0 Å². The quantitative estimate of drug-likeness (QED) is 0.869. The molecule has 0 saturated carbocycles. The Morgan fingerprint density at radius 3 is 2.39 bits per heavy atom. The van der Waals surface area contributed by atoms with Crippen molar-refractivity contribution in [2.75, 3.05) is 13.1 Å². The number of nitrogens with zero attached hydrogens (tertiary/aromatic N) is 3. The summed E-state index contributed by atoms with van der Waals surface area (Å²) in [6, 6.07) is 3.52. The zero-order valence-corrected chi connectivity index (χ0v) is 15.7. The summed E-state index contributed by atoms with van der Waals surface area (Å²) in [5, 5.41) is 9.44. The van der Waals surface area contributed by atoms with Crippen LogP contribution in [-0.4, -0.2) is 44.9 Å². The van der Waals surface area contributed by atoms with Gasteiger partial charge in [0.25, 0.3) is 0 Å². The normalized spacial score (nSPS) is 16.1. The van der Waals surface area contributed by atoms with Gasteiger partial charge in [-0.2, -0.15) is 0 Å². The number of benzene rings is 1. The molecule has 2 aromatic rings. The number of amides is 1. The van der Waals surface area contributed by atoms with Crippen LogP contribution in [0.25, 0.3) is 0 Å². The minimum Gasteiger partial charge on any atom is -0.478 e. The number of hydrogen-bond donors (Lipinski definition) is 1. The number of carbonyl (C=O) groups is 2. The lowest BCUT2D eigenvalue weighted by Crippen LogP contribution is -2.45. The summed E-state index contributed by atoms with van der Waals surface area (Å²) in [6.07, 6.45) is 1.95. The number of aryl methyl sites for hydroxylation is 1. The van der Waals surface area contributed by atoms with Gasteiger partial charge in [0.1, 0.15) is 17.5 Å². The van der Waals surface area contributed by atoms with Crippen molar-refractivity contribution in [1.82, 2.24) is 14.9 Å². The van der Waals surface area contributed by atoms with Gasteiger partial charge in [0.05, 0.1) is 17.7 Å². The molecule has 1 N–H and O–H groups in total. The standard InChI is InChI=1S/C20H21F2N3O3/c1-12-23-11-14(19(27)28)18(24-12)20(2)6-8-25(9-7-20)17(26)10-13-15(21)4-3-5-16(13)22/h3-5,11H,6-10H2,1-2H3,(H,27,28). The lowest BCUT2D eigenvalue weighted by atomic mass is 9.75. The van der Waals surface area contributed by atoms with Gasteiger partial charge in [0.15, 0.2) is 0 Å². The predicted molar refractivity (Wildman–Crippen MR) is 97.0 cm³/mol. The minimum absolute atomic E-state index is 0.0568. The fourth-order valence-corrected chi connectivity index (χ4v) is 3.54. The first kappa shape index (κ1) is 19.9. The second kappa shape index (κ2) is 7.61. The van der Waals surface area contributed by atoms with Crippen LogP contribution in [0.5, 0.6) is 0 Å². The number of rotatable bonds is 4. The Kier molecular flexibility index (Phi) is 5.40. The average Bonchev–Trinajstić information content (AvgIpc) is 2.65.